The molecule has 22 heavy (non-hydrogen) atoms. The number of fused-ring (bicyclic) bond motifs is 2. The maximum absolute atomic E-state index is 13.1. The van der Waals surface area contributed by atoms with Gasteiger partial charge in [0.1, 0.15) is 6.33 Å². The van der Waals surface area contributed by atoms with Gasteiger partial charge in [-0.05, 0) is 26.2 Å². The molecule has 1 N–H and O–H groups in total. The number of nitrogens with zero attached hydrogens (tertiary/aromatic N) is 4. The molecule has 1 spiro atoms. The van der Waals surface area contributed by atoms with Crippen molar-refractivity contribution in [2.75, 3.05) is 6.54 Å². The van der Waals surface area contributed by atoms with E-state index in [0.29, 0.717) is 0 Å². The van der Waals surface area contributed by atoms with E-state index in [1.165, 1.54) is 12.0 Å². The molecule has 1 unspecified atom stereocenters. The molecule has 2 aliphatic rings. The lowest BCUT2D eigenvalue weighted by molar-refractivity contribution is -0.145. The second-order valence-corrected chi connectivity index (χ2v) is 6.25. The summed E-state index contributed by atoms with van der Waals surface area (Å²) >= 11 is 0. The number of aromatic nitrogens is 4. The minimum absolute atomic E-state index is 0.156. The highest BCUT2D eigenvalue weighted by Crippen LogP contribution is 2.49. The van der Waals surface area contributed by atoms with Gasteiger partial charge in [-0.3, -0.25) is 4.79 Å². The zero-order valence-corrected chi connectivity index (χ0v) is 12.6. The second-order valence-electron chi connectivity index (χ2n) is 6.25. The van der Waals surface area contributed by atoms with E-state index in [9.17, 15) is 4.79 Å². The first-order valence-electron chi connectivity index (χ1n) is 7.81. The first kappa shape index (κ1) is 13.4. The van der Waals surface area contributed by atoms with Crippen molar-refractivity contribution in [3.05, 3.63) is 42.0 Å². The van der Waals surface area contributed by atoms with Crippen LogP contribution in [0.2, 0.25) is 0 Å². The minimum Gasteiger partial charge on any atom is -0.348 e. The van der Waals surface area contributed by atoms with E-state index in [2.05, 4.69) is 24.8 Å². The van der Waals surface area contributed by atoms with Gasteiger partial charge in [0.15, 0.2) is 0 Å². The van der Waals surface area contributed by atoms with Crippen LogP contribution in [-0.2, 0) is 16.8 Å². The lowest BCUT2D eigenvalue weighted by atomic mass is 9.70. The Morgan fingerprint density at radius 2 is 2.14 bits per heavy atom. The fraction of sp³-hybridized carbons (Fsp3) is 0.500. The Bertz CT molecular complexity index is 692. The molecular weight excluding hydrogens is 278 g/mol. The summed E-state index contributed by atoms with van der Waals surface area (Å²) in [7, 11) is 0. The zero-order chi connectivity index (χ0) is 15.2. The molecule has 6 nitrogen and oxygen atoms in total. The molecule has 0 saturated heterocycles. The van der Waals surface area contributed by atoms with Gasteiger partial charge in [-0.25, -0.2) is 15.0 Å². The van der Waals surface area contributed by atoms with Gasteiger partial charge in [-0.2, -0.15) is 0 Å². The number of rotatable bonds is 2. The highest BCUT2D eigenvalue weighted by molar-refractivity contribution is 5.84. The molecule has 0 bridgehead atoms. The molecule has 3 heterocycles. The summed E-state index contributed by atoms with van der Waals surface area (Å²) in [6.07, 6.45) is 10.7. The van der Waals surface area contributed by atoms with Gasteiger partial charge in [0.05, 0.1) is 23.5 Å². The van der Waals surface area contributed by atoms with Gasteiger partial charge < -0.3 is 9.88 Å². The van der Waals surface area contributed by atoms with Gasteiger partial charge >= 0.3 is 0 Å². The van der Waals surface area contributed by atoms with Crippen molar-refractivity contribution in [2.45, 2.75) is 44.1 Å². The van der Waals surface area contributed by atoms with Crippen molar-refractivity contribution in [3.63, 3.8) is 0 Å². The number of carbonyl (C=O) groups excluding carboxylic acids is 1. The molecule has 1 aliphatic carbocycles. The van der Waals surface area contributed by atoms with Crippen LogP contribution in [0.15, 0.2) is 25.0 Å². The molecule has 2 aromatic rings. The largest absolute Gasteiger partial charge is 0.348 e. The summed E-state index contributed by atoms with van der Waals surface area (Å²) in [4.78, 5) is 30.9. The molecule has 4 rings (SSSR count). The number of amides is 1. The Balaban J connectivity index is 1.66. The van der Waals surface area contributed by atoms with Crippen LogP contribution in [0.1, 0.15) is 49.1 Å². The predicted octanol–water partition coefficient (Wildman–Crippen LogP) is 1.77. The minimum atomic E-state index is -0.223. The SMILES string of the molecule is CC(C(=O)N1CCc2[nH]cnc2C12CCC2)c1cncnc1. The monoisotopic (exact) mass is 297 g/mol. The van der Waals surface area contributed by atoms with Crippen LogP contribution >= 0.6 is 0 Å². The maximum atomic E-state index is 13.1. The smallest absolute Gasteiger partial charge is 0.230 e. The molecule has 1 amide bonds. The van der Waals surface area contributed by atoms with E-state index < -0.39 is 0 Å². The molecule has 1 fully saturated rings. The van der Waals surface area contributed by atoms with Crippen molar-refractivity contribution in [2.24, 2.45) is 0 Å². The Morgan fingerprint density at radius 3 is 2.82 bits per heavy atom. The Kier molecular flexibility index (Phi) is 2.99. The van der Waals surface area contributed by atoms with Crippen LogP contribution in [-0.4, -0.2) is 37.3 Å². The van der Waals surface area contributed by atoms with Crippen molar-refractivity contribution in [1.82, 2.24) is 24.8 Å². The topological polar surface area (TPSA) is 74.8 Å². The first-order valence-corrected chi connectivity index (χ1v) is 7.81. The van der Waals surface area contributed by atoms with Crippen molar-refractivity contribution in [3.8, 4) is 0 Å². The number of nitrogens with one attached hydrogen (secondary N) is 1. The molecule has 6 heteroatoms. The summed E-state index contributed by atoms with van der Waals surface area (Å²) in [5.74, 6) is -0.0673. The molecule has 0 aromatic carbocycles. The third-order valence-electron chi connectivity index (χ3n) is 5.16. The lowest BCUT2D eigenvalue weighted by Gasteiger charge is -2.52. The summed E-state index contributed by atoms with van der Waals surface area (Å²) in [6.45, 7) is 2.69. The zero-order valence-electron chi connectivity index (χ0n) is 12.6. The number of imidazole rings is 1. The van der Waals surface area contributed by atoms with E-state index >= 15 is 0 Å². The van der Waals surface area contributed by atoms with Gasteiger partial charge in [0.2, 0.25) is 5.91 Å². The lowest BCUT2D eigenvalue weighted by Crippen LogP contribution is -2.58. The number of hydrogen-bond donors (Lipinski definition) is 1. The summed E-state index contributed by atoms with van der Waals surface area (Å²) in [5.41, 5.74) is 2.96. The van der Waals surface area contributed by atoms with Crippen LogP contribution in [0.5, 0.6) is 0 Å². The highest BCUT2D eigenvalue weighted by atomic mass is 16.2. The molecular formula is C16H19N5O. The molecule has 1 saturated carbocycles. The number of H-pyrrole nitrogens is 1. The summed E-state index contributed by atoms with van der Waals surface area (Å²) < 4.78 is 0. The van der Waals surface area contributed by atoms with Crippen molar-refractivity contribution in [1.29, 1.82) is 0 Å². The van der Waals surface area contributed by atoms with E-state index in [1.54, 1.807) is 18.7 Å². The molecule has 1 aliphatic heterocycles. The molecule has 114 valence electrons. The van der Waals surface area contributed by atoms with E-state index in [1.807, 2.05) is 6.92 Å². The second kappa shape index (κ2) is 4.90. The highest BCUT2D eigenvalue weighted by Gasteiger charge is 2.51. The number of carbonyl (C=O) groups is 1. The van der Waals surface area contributed by atoms with E-state index in [-0.39, 0.29) is 17.4 Å². The summed E-state index contributed by atoms with van der Waals surface area (Å²) in [6, 6.07) is 0. The quantitative estimate of drug-likeness (QED) is 0.916. The van der Waals surface area contributed by atoms with Crippen LogP contribution in [0.25, 0.3) is 0 Å². The normalized spacial score (nSPS) is 20.3. The van der Waals surface area contributed by atoms with Gasteiger partial charge in [0, 0.05) is 36.6 Å². The third-order valence-corrected chi connectivity index (χ3v) is 5.16. The van der Waals surface area contributed by atoms with Gasteiger partial charge in [0.25, 0.3) is 0 Å². The van der Waals surface area contributed by atoms with E-state index in [0.717, 1.165) is 43.5 Å². The maximum Gasteiger partial charge on any atom is 0.230 e. The number of aromatic amines is 1. The summed E-state index contributed by atoms with van der Waals surface area (Å²) in [5, 5.41) is 0. The van der Waals surface area contributed by atoms with E-state index in [4.69, 9.17) is 0 Å². The Hall–Kier alpha value is -2.24. The number of hydrogen-bond acceptors (Lipinski definition) is 4. The standard InChI is InChI=1S/C16H19N5O/c1-11(12-7-17-9-18-8-12)15(22)21-6-3-13-14(20-10-19-13)16(21)4-2-5-16/h7-11H,2-6H2,1H3,(H,19,20). The van der Waals surface area contributed by atoms with Crippen molar-refractivity contribution >= 4 is 5.91 Å². The molecule has 0 radical (unpaired) electrons. The fourth-order valence-electron chi connectivity index (χ4n) is 3.73. The van der Waals surface area contributed by atoms with Crippen LogP contribution in [0.4, 0.5) is 0 Å². The molecule has 1 atom stereocenters. The average molecular weight is 297 g/mol. The van der Waals surface area contributed by atoms with Crippen LogP contribution < -0.4 is 0 Å². The predicted molar refractivity (Wildman–Crippen MR) is 80.0 cm³/mol. The van der Waals surface area contributed by atoms with Crippen LogP contribution in [0.3, 0.4) is 0 Å². The van der Waals surface area contributed by atoms with Crippen LogP contribution in [0, 0.1) is 0 Å². The Labute approximate surface area is 129 Å². The first-order chi connectivity index (χ1) is 10.7. The van der Waals surface area contributed by atoms with Crippen molar-refractivity contribution < 1.29 is 4.79 Å². The van der Waals surface area contributed by atoms with Gasteiger partial charge in [-0.15, -0.1) is 0 Å². The third kappa shape index (κ3) is 1.79. The Morgan fingerprint density at radius 1 is 1.36 bits per heavy atom. The average Bonchev–Trinajstić information content (AvgIpc) is 3.00. The molecule has 2 aromatic heterocycles. The fourth-order valence-corrected chi connectivity index (χ4v) is 3.73. The van der Waals surface area contributed by atoms with Gasteiger partial charge in [-0.1, -0.05) is 0 Å².